The molecule has 0 amide bonds. The van der Waals surface area contributed by atoms with Crippen molar-refractivity contribution in [2.24, 2.45) is 11.8 Å². The van der Waals surface area contributed by atoms with Gasteiger partial charge in [-0.1, -0.05) is 0 Å². The van der Waals surface area contributed by atoms with Gasteiger partial charge in [0, 0.05) is 12.2 Å². The molecule has 3 N–H and O–H groups in total. The van der Waals surface area contributed by atoms with Crippen LogP contribution in [0.2, 0.25) is 0 Å². The van der Waals surface area contributed by atoms with Crippen molar-refractivity contribution in [1.29, 1.82) is 0 Å². The summed E-state index contributed by atoms with van der Waals surface area (Å²) in [5.41, 5.74) is 0.910. The molecule has 0 aromatic carbocycles. The van der Waals surface area contributed by atoms with E-state index >= 15 is 0 Å². The molecule has 4 rings (SSSR count). The minimum absolute atomic E-state index is 0.565. The number of nitrogens with zero attached hydrogens (tertiary/aromatic N) is 2. The fourth-order valence-electron chi connectivity index (χ4n) is 3.46. The predicted octanol–water partition coefficient (Wildman–Crippen LogP) is 1.37. The summed E-state index contributed by atoms with van der Waals surface area (Å²) in [5.74, 6) is 2.68. The third-order valence-electron chi connectivity index (χ3n) is 4.35. The Labute approximate surface area is 105 Å². The lowest BCUT2D eigenvalue weighted by Crippen LogP contribution is -2.21. The molecular weight excluding hydrogens is 226 g/mol. The Bertz CT molecular complexity index is 551. The number of nitrogens with one attached hydrogen (secondary N) is 3. The highest BCUT2D eigenvalue weighted by molar-refractivity contribution is 5.86. The van der Waals surface area contributed by atoms with Gasteiger partial charge < -0.3 is 15.6 Å². The Morgan fingerprint density at radius 3 is 2.83 bits per heavy atom. The minimum Gasteiger partial charge on any atom is -0.367 e. The van der Waals surface area contributed by atoms with Gasteiger partial charge in [-0.15, -0.1) is 0 Å². The van der Waals surface area contributed by atoms with Gasteiger partial charge in [0.25, 0.3) is 0 Å². The van der Waals surface area contributed by atoms with Gasteiger partial charge in [-0.05, 0) is 43.8 Å². The van der Waals surface area contributed by atoms with Gasteiger partial charge >= 0.3 is 0 Å². The summed E-state index contributed by atoms with van der Waals surface area (Å²) in [5, 5.41) is 8.17. The SMILES string of the molecule is c1nc(N[C@@H]2C[C@H]3CNC[C@H]3C2)c2cc[nH]c2n1. The summed E-state index contributed by atoms with van der Waals surface area (Å²) in [6.07, 6.45) is 6.05. The summed E-state index contributed by atoms with van der Waals surface area (Å²) in [6, 6.07) is 2.60. The lowest BCUT2D eigenvalue weighted by Gasteiger charge is -2.14. The first kappa shape index (κ1) is 10.3. The molecule has 2 aliphatic rings. The van der Waals surface area contributed by atoms with Crippen molar-refractivity contribution >= 4 is 16.9 Å². The largest absolute Gasteiger partial charge is 0.367 e. The zero-order chi connectivity index (χ0) is 11.9. The molecule has 2 aromatic heterocycles. The fourth-order valence-corrected chi connectivity index (χ4v) is 3.46. The number of aromatic nitrogens is 3. The Hall–Kier alpha value is -1.62. The van der Waals surface area contributed by atoms with Gasteiger partial charge in [-0.3, -0.25) is 0 Å². The van der Waals surface area contributed by atoms with Crippen LogP contribution in [-0.4, -0.2) is 34.1 Å². The van der Waals surface area contributed by atoms with Crippen molar-refractivity contribution in [1.82, 2.24) is 20.3 Å². The van der Waals surface area contributed by atoms with E-state index in [1.54, 1.807) is 6.33 Å². The van der Waals surface area contributed by atoms with E-state index in [1.807, 2.05) is 12.3 Å². The summed E-state index contributed by atoms with van der Waals surface area (Å²) < 4.78 is 0. The fraction of sp³-hybridized carbons (Fsp3) is 0.538. The van der Waals surface area contributed by atoms with Crippen molar-refractivity contribution in [3.63, 3.8) is 0 Å². The zero-order valence-corrected chi connectivity index (χ0v) is 10.2. The molecule has 3 atom stereocenters. The minimum atomic E-state index is 0.565. The molecule has 0 bridgehead atoms. The van der Waals surface area contributed by atoms with Gasteiger partial charge in [-0.2, -0.15) is 0 Å². The Morgan fingerprint density at radius 1 is 1.17 bits per heavy atom. The van der Waals surface area contributed by atoms with E-state index in [9.17, 15) is 0 Å². The topological polar surface area (TPSA) is 65.6 Å². The van der Waals surface area contributed by atoms with E-state index in [2.05, 4.69) is 25.6 Å². The van der Waals surface area contributed by atoms with Crippen molar-refractivity contribution in [2.45, 2.75) is 18.9 Å². The van der Waals surface area contributed by atoms with Crippen molar-refractivity contribution < 1.29 is 0 Å². The first-order chi connectivity index (χ1) is 8.90. The van der Waals surface area contributed by atoms with Gasteiger partial charge in [0.1, 0.15) is 17.8 Å². The molecule has 1 aliphatic heterocycles. The molecular formula is C13H17N5. The maximum atomic E-state index is 4.38. The second-order valence-electron chi connectivity index (χ2n) is 5.45. The average molecular weight is 243 g/mol. The van der Waals surface area contributed by atoms with E-state index < -0.39 is 0 Å². The first-order valence-corrected chi connectivity index (χ1v) is 6.65. The highest BCUT2D eigenvalue weighted by Gasteiger charge is 2.37. The highest BCUT2D eigenvalue weighted by atomic mass is 15.1. The molecule has 2 fully saturated rings. The Kier molecular flexibility index (Phi) is 2.26. The van der Waals surface area contributed by atoms with Crippen LogP contribution in [0.1, 0.15) is 12.8 Å². The quantitative estimate of drug-likeness (QED) is 0.745. The number of aromatic amines is 1. The van der Waals surface area contributed by atoms with Crippen molar-refractivity contribution in [2.75, 3.05) is 18.4 Å². The van der Waals surface area contributed by atoms with Crippen LogP contribution in [0.15, 0.2) is 18.6 Å². The van der Waals surface area contributed by atoms with Gasteiger partial charge in [0.05, 0.1) is 5.39 Å². The third kappa shape index (κ3) is 1.58. The molecule has 0 spiro atoms. The molecule has 1 aliphatic carbocycles. The summed E-state index contributed by atoms with van der Waals surface area (Å²) in [6.45, 7) is 2.37. The van der Waals surface area contributed by atoms with Crippen LogP contribution >= 0.6 is 0 Å². The Morgan fingerprint density at radius 2 is 2.00 bits per heavy atom. The monoisotopic (exact) mass is 243 g/mol. The van der Waals surface area contributed by atoms with E-state index in [1.165, 1.54) is 25.9 Å². The van der Waals surface area contributed by atoms with E-state index in [0.717, 1.165) is 28.7 Å². The van der Waals surface area contributed by atoms with Crippen molar-refractivity contribution in [3.05, 3.63) is 18.6 Å². The van der Waals surface area contributed by atoms with Crippen LogP contribution in [0, 0.1) is 11.8 Å². The maximum Gasteiger partial charge on any atom is 0.142 e. The average Bonchev–Trinajstić information content (AvgIpc) is 3.01. The maximum absolute atomic E-state index is 4.38. The summed E-state index contributed by atoms with van der Waals surface area (Å²) in [4.78, 5) is 11.7. The smallest absolute Gasteiger partial charge is 0.142 e. The number of anilines is 1. The molecule has 94 valence electrons. The van der Waals surface area contributed by atoms with Gasteiger partial charge in [-0.25, -0.2) is 9.97 Å². The number of hydrogen-bond donors (Lipinski definition) is 3. The molecule has 1 saturated heterocycles. The van der Waals surface area contributed by atoms with Crippen LogP contribution in [0.4, 0.5) is 5.82 Å². The van der Waals surface area contributed by atoms with Gasteiger partial charge in [0.15, 0.2) is 0 Å². The molecule has 18 heavy (non-hydrogen) atoms. The standard InChI is InChI=1S/C13H17N5/c1-2-15-12-11(1)13(17-7-16-12)18-10-3-8-5-14-6-9(8)4-10/h1-2,7-10,14H,3-6H2,(H2,15,16,17,18)/t8-,9+,10+. The summed E-state index contributed by atoms with van der Waals surface area (Å²) >= 11 is 0. The van der Waals surface area contributed by atoms with E-state index in [-0.39, 0.29) is 0 Å². The highest BCUT2D eigenvalue weighted by Crippen LogP contribution is 2.36. The molecule has 5 nitrogen and oxygen atoms in total. The molecule has 0 radical (unpaired) electrons. The predicted molar refractivity (Wildman–Crippen MR) is 70.4 cm³/mol. The van der Waals surface area contributed by atoms with E-state index in [4.69, 9.17) is 0 Å². The second-order valence-corrected chi connectivity index (χ2v) is 5.45. The normalized spacial score (nSPS) is 30.8. The number of H-pyrrole nitrogens is 1. The second kappa shape index (κ2) is 3.95. The molecule has 0 unspecified atom stereocenters. The number of rotatable bonds is 2. The lowest BCUT2D eigenvalue weighted by molar-refractivity contribution is 0.494. The zero-order valence-electron chi connectivity index (χ0n) is 10.2. The lowest BCUT2D eigenvalue weighted by atomic mass is 10.0. The number of hydrogen-bond acceptors (Lipinski definition) is 4. The van der Waals surface area contributed by atoms with Crippen LogP contribution in [0.3, 0.4) is 0 Å². The Balaban J connectivity index is 1.56. The van der Waals surface area contributed by atoms with E-state index in [0.29, 0.717) is 6.04 Å². The molecule has 5 heteroatoms. The summed E-state index contributed by atoms with van der Waals surface area (Å²) in [7, 11) is 0. The van der Waals surface area contributed by atoms with Crippen LogP contribution in [-0.2, 0) is 0 Å². The van der Waals surface area contributed by atoms with Crippen molar-refractivity contribution in [3.8, 4) is 0 Å². The van der Waals surface area contributed by atoms with Crippen LogP contribution < -0.4 is 10.6 Å². The van der Waals surface area contributed by atoms with Crippen LogP contribution in [0.25, 0.3) is 11.0 Å². The number of fused-ring (bicyclic) bond motifs is 2. The first-order valence-electron chi connectivity index (χ1n) is 6.65. The van der Waals surface area contributed by atoms with Gasteiger partial charge in [0.2, 0.25) is 0 Å². The molecule has 1 saturated carbocycles. The van der Waals surface area contributed by atoms with Crippen LogP contribution in [0.5, 0.6) is 0 Å². The molecule has 3 heterocycles. The molecule has 2 aromatic rings. The third-order valence-corrected chi connectivity index (χ3v) is 4.35.